The minimum absolute atomic E-state index is 0.0989. The zero-order valence-corrected chi connectivity index (χ0v) is 19.6. The van der Waals surface area contributed by atoms with Crippen molar-refractivity contribution in [1.29, 1.82) is 0 Å². The summed E-state index contributed by atoms with van der Waals surface area (Å²) in [7, 11) is -3.52. The molecule has 2 fully saturated rings. The van der Waals surface area contributed by atoms with Crippen LogP contribution in [-0.2, 0) is 19.6 Å². The SMILES string of the molecule is O=C(Nc1ccc(S(=O)(=O)N2CCCCC2)cc1)[C@H]1CC(=O)N(c2ccc3c(c2)OCCO3)C1. The van der Waals surface area contributed by atoms with E-state index < -0.39 is 15.9 Å². The van der Waals surface area contributed by atoms with Crippen LogP contribution in [0, 0.1) is 5.92 Å². The molecule has 3 heterocycles. The van der Waals surface area contributed by atoms with Crippen molar-refractivity contribution in [3.8, 4) is 11.5 Å². The Kier molecular flexibility index (Phi) is 6.18. The number of piperidine rings is 1. The summed E-state index contributed by atoms with van der Waals surface area (Å²) in [4.78, 5) is 27.3. The lowest BCUT2D eigenvalue weighted by molar-refractivity contribution is -0.122. The maximum atomic E-state index is 12.8. The van der Waals surface area contributed by atoms with E-state index >= 15 is 0 Å². The number of amides is 2. The lowest BCUT2D eigenvalue weighted by Gasteiger charge is -2.25. The van der Waals surface area contributed by atoms with Gasteiger partial charge in [-0.3, -0.25) is 9.59 Å². The molecule has 2 amide bonds. The maximum Gasteiger partial charge on any atom is 0.243 e. The molecule has 1 N–H and O–H groups in total. The van der Waals surface area contributed by atoms with Gasteiger partial charge in [0.1, 0.15) is 13.2 Å². The van der Waals surface area contributed by atoms with Crippen LogP contribution in [0.2, 0.25) is 0 Å². The van der Waals surface area contributed by atoms with Gasteiger partial charge in [-0.15, -0.1) is 0 Å². The molecule has 0 aliphatic carbocycles. The van der Waals surface area contributed by atoms with Crippen LogP contribution in [0.4, 0.5) is 11.4 Å². The van der Waals surface area contributed by atoms with Crippen LogP contribution in [0.5, 0.6) is 11.5 Å². The van der Waals surface area contributed by atoms with E-state index in [-0.39, 0.29) is 29.7 Å². The average molecular weight is 486 g/mol. The minimum atomic E-state index is -3.52. The van der Waals surface area contributed by atoms with Crippen molar-refractivity contribution in [2.24, 2.45) is 5.92 Å². The predicted molar refractivity (Wildman–Crippen MR) is 126 cm³/mol. The molecule has 0 spiro atoms. The smallest absolute Gasteiger partial charge is 0.243 e. The van der Waals surface area contributed by atoms with Gasteiger partial charge in [0.2, 0.25) is 21.8 Å². The van der Waals surface area contributed by atoms with Gasteiger partial charge in [0.05, 0.1) is 10.8 Å². The summed E-state index contributed by atoms with van der Waals surface area (Å²) in [6, 6.07) is 11.5. The normalized spacial score (nSPS) is 20.9. The van der Waals surface area contributed by atoms with Crippen LogP contribution in [-0.4, -0.2) is 57.4 Å². The third kappa shape index (κ3) is 4.47. The monoisotopic (exact) mass is 485 g/mol. The van der Waals surface area contributed by atoms with E-state index in [0.29, 0.717) is 49.2 Å². The second-order valence-corrected chi connectivity index (χ2v) is 10.6. The van der Waals surface area contributed by atoms with Gasteiger partial charge in [0.25, 0.3) is 0 Å². The molecule has 0 saturated carbocycles. The lowest BCUT2D eigenvalue weighted by atomic mass is 10.1. The Morgan fingerprint density at radius 2 is 1.65 bits per heavy atom. The van der Waals surface area contributed by atoms with Gasteiger partial charge in [-0.25, -0.2) is 8.42 Å². The van der Waals surface area contributed by atoms with Gasteiger partial charge in [0.15, 0.2) is 11.5 Å². The molecule has 34 heavy (non-hydrogen) atoms. The Labute approximate surface area is 198 Å². The number of nitrogens with one attached hydrogen (secondary N) is 1. The number of hydrogen-bond donors (Lipinski definition) is 1. The number of ether oxygens (including phenoxy) is 2. The first-order valence-electron chi connectivity index (χ1n) is 11.5. The van der Waals surface area contributed by atoms with Crippen molar-refractivity contribution in [2.45, 2.75) is 30.6 Å². The quantitative estimate of drug-likeness (QED) is 0.698. The van der Waals surface area contributed by atoms with Crippen molar-refractivity contribution in [1.82, 2.24) is 4.31 Å². The third-order valence-electron chi connectivity index (χ3n) is 6.41. The van der Waals surface area contributed by atoms with Crippen molar-refractivity contribution in [2.75, 3.05) is 43.1 Å². The Hall–Kier alpha value is -3.11. The van der Waals surface area contributed by atoms with Gasteiger partial charge in [-0.05, 0) is 49.2 Å². The highest BCUT2D eigenvalue weighted by atomic mass is 32.2. The molecule has 0 unspecified atom stereocenters. The number of benzene rings is 2. The van der Waals surface area contributed by atoms with Crippen molar-refractivity contribution in [3.63, 3.8) is 0 Å². The van der Waals surface area contributed by atoms with Crippen LogP contribution in [0.15, 0.2) is 47.4 Å². The number of hydrogen-bond acceptors (Lipinski definition) is 6. The zero-order chi connectivity index (χ0) is 23.7. The summed E-state index contributed by atoms with van der Waals surface area (Å²) in [6.45, 7) is 2.27. The fraction of sp³-hybridized carbons (Fsp3) is 0.417. The minimum Gasteiger partial charge on any atom is -0.486 e. The van der Waals surface area contributed by atoms with E-state index in [2.05, 4.69) is 5.32 Å². The first kappa shape index (κ1) is 22.7. The third-order valence-corrected chi connectivity index (χ3v) is 8.32. The summed E-state index contributed by atoms with van der Waals surface area (Å²) in [5.41, 5.74) is 1.16. The molecule has 2 saturated heterocycles. The summed E-state index contributed by atoms with van der Waals surface area (Å²) in [5, 5.41) is 2.81. The maximum absolute atomic E-state index is 12.8. The molecule has 2 aromatic rings. The topological polar surface area (TPSA) is 105 Å². The molecule has 3 aliphatic rings. The molecule has 2 aromatic carbocycles. The van der Waals surface area contributed by atoms with Crippen LogP contribution in [0.3, 0.4) is 0 Å². The largest absolute Gasteiger partial charge is 0.486 e. The molecule has 9 nitrogen and oxygen atoms in total. The Bertz CT molecular complexity index is 1190. The second-order valence-electron chi connectivity index (χ2n) is 8.71. The summed E-state index contributed by atoms with van der Waals surface area (Å²) in [6.07, 6.45) is 2.89. The molecule has 0 bridgehead atoms. The standard InChI is InChI=1S/C24H27N3O6S/c28-23-14-17(16-27(23)19-6-9-21-22(15-19)33-13-12-32-21)24(29)25-18-4-7-20(8-5-18)34(30,31)26-10-2-1-3-11-26/h4-9,15,17H,1-3,10-14,16H2,(H,25,29)/t17-/m0/s1. The summed E-state index contributed by atoms with van der Waals surface area (Å²) >= 11 is 0. The van der Waals surface area contributed by atoms with Gasteiger partial charge in [0, 0.05) is 43.5 Å². The van der Waals surface area contributed by atoms with Gasteiger partial charge >= 0.3 is 0 Å². The molecule has 10 heteroatoms. The van der Waals surface area contributed by atoms with E-state index in [4.69, 9.17) is 9.47 Å². The molecule has 1 atom stereocenters. The van der Waals surface area contributed by atoms with E-state index in [0.717, 1.165) is 19.3 Å². The van der Waals surface area contributed by atoms with Crippen LogP contribution < -0.4 is 19.7 Å². The predicted octanol–water partition coefficient (Wildman–Crippen LogP) is 2.62. The molecule has 0 aromatic heterocycles. The first-order chi connectivity index (χ1) is 16.4. The summed E-state index contributed by atoms with van der Waals surface area (Å²) < 4.78 is 38.2. The van der Waals surface area contributed by atoms with E-state index in [1.54, 1.807) is 35.2 Å². The lowest BCUT2D eigenvalue weighted by Crippen LogP contribution is -2.35. The van der Waals surface area contributed by atoms with Crippen LogP contribution >= 0.6 is 0 Å². The summed E-state index contributed by atoms with van der Waals surface area (Å²) in [5.74, 6) is 0.294. The molecular formula is C24H27N3O6S. The number of carbonyl (C=O) groups excluding carboxylic acids is 2. The van der Waals surface area contributed by atoms with Crippen molar-refractivity contribution >= 4 is 33.2 Å². The number of fused-ring (bicyclic) bond motifs is 1. The van der Waals surface area contributed by atoms with E-state index in [9.17, 15) is 18.0 Å². The van der Waals surface area contributed by atoms with Crippen molar-refractivity contribution < 1.29 is 27.5 Å². The Morgan fingerprint density at radius 3 is 2.38 bits per heavy atom. The molecular weight excluding hydrogens is 458 g/mol. The van der Waals surface area contributed by atoms with Gasteiger partial charge in [-0.1, -0.05) is 6.42 Å². The van der Waals surface area contributed by atoms with Gasteiger partial charge < -0.3 is 19.7 Å². The number of anilines is 2. The van der Waals surface area contributed by atoms with Crippen molar-refractivity contribution in [3.05, 3.63) is 42.5 Å². The zero-order valence-electron chi connectivity index (χ0n) is 18.7. The molecule has 5 rings (SSSR count). The van der Waals surface area contributed by atoms with Gasteiger partial charge in [-0.2, -0.15) is 4.31 Å². The number of sulfonamides is 1. The second kappa shape index (κ2) is 9.27. The fourth-order valence-electron chi connectivity index (χ4n) is 4.54. The number of nitrogens with zero attached hydrogens (tertiary/aromatic N) is 2. The molecule has 3 aliphatic heterocycles. The van der Waals surface area contributed by atoms with Crippen LogP contribution in [0.25, 0.3) is 0 Å². The molecule has 0 radical (unpaired) electrons. The Balaban J connectivity index is 1.23. The number of rotatable bonds is 5. The average Bonchev–Trinajstić information content (AvgIpc) is 3.26. The Morgan fingerprint density at radius 1 is 0.941 bits per heavy atom. The molecule has 180 valence electrons. The fourth-order valence-corrected chi connectivity index (χ4v) is 6.06. The van der Waals surface area contributed by atoms with E-state index in [1.165, 1.54) is 16.4 Å². The highest BCUT2D eigenvalue weighted by Gasteiger charge is 2.36. The van der Waals surface area contributed by atoms with E-state index in [1.807, 2.05) is 0 Å². The first-order valence-corrected chi connectivity index (χ1v) is 13.0. The van der Waals surface area contributed by atoms with Crippen LogP contribution in [0.1, 0.15) is 25.7 Å². The highest BCUT2D eigenvalue weighted by Crippen LogP contribution is 2.36. The number of carbonyl (C=O) groups is 2. The highest BCUT2D eigenvalue weighted by molar-refractivity contribution is 7.89.